The molecule has 1 amide bonds. The average Bonchev–Trinajstić information content (AvgIpc) is 2.36. The molecule has 1 fully saturated rings. The monoisotopic (exact) mass is 303 g/mol. The highest BCUT2D eigenvalue weighted by molar-refractivity contribution is 6.21. The number of rotatable bonds is 5. The number of carbonyl (C=O) groups is 1. The Labute approximate surface area is 121 Å². The molecule has 1 saturated carbocycles. The van der Waals surface area contributed by atoms with Gasteiger partial charge in [-0.05, 0) is 30.9 Å². The number of halogens is 3. The predicted molar refractivity (Wildman–Crippen MR) is 72.4 cm³/mol. The smallest absolute Gasteiger partial charge is 0.387 e. The van der Waals surface area contributed by atoms with E-state index in [1.165, 1.54) is 17.0 Å². The lowest BCUT2D eigenvalue weighted by Gasteiger charge is -2.34. The summed E-state index contributed by atoms with van der Waals surface area (Å²) in [5.41, 5.74) is 0.150. The van der Waals surface area contributed by atoms with Crippen molar-refractivity contribution in [2.24, 2.45) is 5.92 Å². The van der Waals surface area contributed by atoms with Crippen LogP contribution in [0.25, 0.3) is 0 Å². The van der Waals surface area contributed by atoms with Crippen molar-refractivity contribution < 1.29 is 18.3 Å². The van der Waals surface area contributed by atoms with Crippen molar-refractivity contribution >= 4 is 17.5 Å². The highest BCUT2D eigenvalue weighted by atomic mass is 35.5. The molecule has 1 aliphatic carbocycles. The third-order valence-electron chi connectivity index (χ3n) is 3.39. The molecule has 0 heterocycles. The minimum atomic E-state index is -2.95. The van der Waals surface area contributed by atoms with E-state index < -0.39 is 6.61 Å². The van der Waals surface area contributed by atoms with Crippen LogP contribution in [0.4, 0.5) is 8.78 Å². The standard InChI is InChI=1S/C14H16ClF2NO2/c1-18(8-9-6-10(15)7-9)13(19)11-4-2-3-5-12(11)20-14(16)17/h2-5,9-10,14H,6-8H2,1H3. The first-order valence-corrected chi connectivity index (χ1v) is 6.84. The van der Waals surface area contributed by atoms with Crippen LogP contribution < -0.4 is 4.74 Å². The Morgan fingerprint density at radius 1 is 1.45 bits per heavy atom. The molecule has 6 heteroatoms. The molecule has 0 radical (unpaired) electrons. The summed E-state index contributed by atoms with van der Waals surface area (Å²) in [4.78, 5) is 13.8. The van der Waals surface area contributed by atoms with Crippen LogP contribution in [0, 0.1) is 5.92 Å². The van der Waals surface area contributed by atoms with E-state index in [1.54, 1.807) is 19.2 Å². The van der Waals surface area contributed by atoms with Crippen LogP contribution in [-0.2, 0) is 0 Å². The first-order chi connectivity index (χ1) is 9.47. The Balaban J connectivity index is 2.04. The van der Waals surface area contributed by atoms with Crippen LogP contribution in [0.1, 0.15) is 23.2 Å². The number of benzene rings is 1. The quantitative estimate of drug-likeness (QED) is 0.781. The zero-order valence-corrected chi connectivity index (χ0v) is 11.8. The van der Waals surface area contributed by atoms with Gasteiger partial charge in [0.1, 0.15) is 5.75 Å². The largest absolute Gasteiger partial charge is 0.434 e. The molecule has 1 aromatic rings. The van der Waals surface area contributed by atoms with E-state index in [4.69, 9.17) is 11.6 Å². The highest BCUT2D eigenvalue weighted by Crippen LogP contribution is 2.32. The Hall–Kier alpha value is -1.36. The number of alkyl halides is 3. The molecule has 110 valence electrons. The van der Waals surface area contributed by atoms with Crippen molar-refractivity contribution in [3.8, 4) is 5.75 Å². The van der Waals surface area contributed by atoms with Gasteiger partial charge < -0.3 is 9.64 Å². The summed E-state index contributed by atoms with van der Waals surface area (Å²) in [5.74, 6) is -0.0305. The summed E-state index contributed by atoms with van der Waals surface area (Å²) < 4.78 is 29.0. The molecule has 20 heavy (non-hydrogen) atoms. The SMILES string of the molecule is CN(CC1CC(Cl)C1)C(=O)c1ccccc1OC(F)F. The number of para-hydroxylation sites is 1. The van der Waals surface area contributed by atoms with E-state index in [0.29, 0.717) is 12.5 Å². The summed E-state index contributed by atoms with van der Waals surface area (Å²) in [7, 11) is 1.66. The molecule has 0 atom stereocenters. The predicted octanol–water partition coefficient (Wildman–Crippen LogP) is 3.38. The molecule has 1 aliphatic rings. The Morgan fingerprint density at radius 2 is 2.10 bits per heavy atom. The Morgan fingerprint density at radius 3 is 2.70 bits per heavy atom. The van der Waals surface area contributed by atoms with Crippen molar-refractivity contribution in [1.82, 2.24) is 4.90 Å². The van der Waals surface area contributed by atoms with Crippen molar-refractivity contribution in [2.45, 2.75) is 24.8 Å². The van der Waals surface area contributed by atoms with E-state index in [0.717, 1.165) is 12.8 Å². The lowest BCUT2D eigenvalue weighted by atomic mass is 9.84. The molecule has 0 saturated heterocycles. The van der Waals surface area contributed by atoms with Gasteiger partial charge in [0.05, 0.1) is 5.56 Å². The van der Waals surface area contributed by atoms with E-state index in [9.17, 15) is 13.6 Å². The van der Waals surface area contributed by atoms with Crippen LogP contribution >= 0.6 is 11.6 Å². The minimum Gasteiger partial charge on any atom is -0.434 e. The average molecular weight is 304 g/mol. The van der Waals surface area contributed by atoms with Crippen molar-refractivity contribution in [2.75, 3.05) is 13.6 Å². The fourth-order valence-electron chi connectivity index (χ4n) is 2.32. The van der Waals surface area contributed by atoms with Crippen LogP contribution in [0.5, 0.6) is 5.75 Å². The number of nitrogens with zero attached hydrogens (tertiary/aromatic N) is 1. The zero-order valence-electron chi connectivity index (χ0n) is 11.1. The normalized spacial score (nSPS) is 21.4. The molecule has 0 N–H and O–H groups in total. The minimum absolute atomic E-state index is 0.0943. The van der Waals surface area contributed by atoms with Crippen molar-refractivity contribution in [1.29, 1.82) is 0 Å². The van der Waals surface area contributed by atoms with Gasteiger partial charge in [-0.1, -0.05) is 12.1 Å². The van der Waals surface area contributed by atoms with E-state index in [1.807, 2.05) is 0 Å². The maximum atomic E-state index is 12.3. The lowest BCUT2D eigenvalue weighted by molar-refractivity contribution is -0.0502. The van der Waals surface area contributed by atoms with Crippen molar-refractivity contribution in [3.63, 3.8) is 0 Å². The number of ether oxygens (including phenoxy) is 1. The van der Waals surface area contributed by atoms with Gasteiger partial charge in [0.15, 0.2) is 0 Å². The van der Waals surface area contributed by atoms with E-state index >= 15 is 0 Å². The second-order valence-electron chi connectivity index (χ2n) is 5.00. The topological polar surface area (TPSA) is 29.5 Å². The third kappa shape index (κ3) is 3.60. The van der Waals surface area contributed by atoms with Gasteiger partial charge in [0.2, 0.25) is 0 Å². The highest BCUT2D eigenvalue weighted by Gasteiger charge is 2.30. The van der Waals surface area contributed by atoms with Gasteiger partial charge in [-0.15, -0.1) is 11.6 Å². The summed E-state index contributed by atoms with van der Waals surface area (Å²) in [6.45, 7) is -2.37. The van der Waals surface area contributed by atoms with Gasteiger partial charge in [-0.2, -0.15) is 8.78 Å². The summed E-state index contributed by atoms with van der Waals surface area (Å²) in [5, 5.41) is 0.193. The van der Waals surface area contributed by atoms with Gasteiger partial charge >= 0.3 is 6.61 Å². The molecule has 0 bridgehead atoms. The molecule has 0 unspecified atom stereocenters. The molecule has 1 aromatic carbocycles. The van der Waals surface area contributed by atoms with Crippen LogP contribution in [0.2, 0.25) is 0 Å². The number of hydrogen-bond donors (Lipinski definition) is 0. The number of amides is 1. The number of hydrogen-bond acceptors (Lipinski definition) is 2. The lowest BCUT2D eigenvalue weighted by Crippen LogP contribution is -2.38. The molecule has 0 spiro atoms. The molecule has 2 rings (SSSR count). The second kappa shape index (κ2) is 6.39. The number of carbonyl (C=O) groups excluding carboxylic acids is 1. The summed E-state index contributed by atoms with van der Waals surface area (Å²) in [6.07, 6.45) is 1.77. The van der Waals surface area contributed by atoms with Crippen LogP contribution in [-0.4, -0.2) is 36.4 Å². The molecule has 3 nitrogen and oxygen atoms in total. The Kier molecular flexibility index (Phi) is 4.81. The van der Waals surface area contributed by atoms with Crippen molar-refractivity contribution in [3.05, 3.63) is 29.8 Å². The summed E-state index contributed by atoms with van der Waals surface area (Å²) >= 11 is 5.90. The van der Waals surface area contributed by atoms with Gasteiger partial charge in [-0.3, -0.25) is 4.79 Å². The molecular formula is C14H16ClF2NO2. The fourth-order valence-corrected chi connectivity index (χ4v) is 2.83. The van der Waals surface area contributed by atoms with Crippen LogP contribution in [0.15, 0.2) is 24.3 Å². The van der Waals surface area contributed by atoms with E-state index in [2.05, 4.69) is 4.74 Å². The first kappa shape index (κ1) is 15.0. The van der Waals surface area contributed by atoms with Gasteiger partial charge in [-0.25, -0.2) is 0 Å². The molecular weight excluding hydrogens is 288 g/mol. The second-order valence-corrected chi connectivity index (χ2v) is 5.61. The Bertz CT molecular complexity index is 478. The molecule has 0 aromatic heterocycles. The van der Waals surface area contributed by atoms with Gasteiger partial charge in [0, 0.05) is 19.0 Å². The van der Waals surface area contributed by atoms with Gasteiger partial charge in [0.25, 0.3) is 5.91 Å². The third-order valence-corrected chi connectivity index (χ3v) is 3.75. The fraction of sp³-hybridized carbons (Fsp3) is 0.500. The zero-order chi connectivity index (χ0) is 14.7. The first-order valence-electron chi connectivity index (χ1n) is 6.40. The summed E-state index contributed by atoms with van der Waals surface area (Å²) in [6, 6.07) is 6.03. The maximum absolute atomic E-state index is 12.3. The van der Waals surface area contributed by atoms with E-state index in [-0.39, 0.29) is 22.6 Å². The van der Waals surface area contributed by atoms with Crippen LogP contribution in [0.3, 0.4) is 0 Å². The maximum Gasteiger partial charge on any atom is 0.387 e. The molecule has 0 aliphatic heterocycles.